The van der Waals surface area contributed by atoms with Gasteiger partial charge in [0.15, 0.2) is 0 Å². The van der Waals surface area contributed by atoms with E-state index < -0.39 is 0 Å². The standard InChI is InChI=1S/C15H21ClN4O/c1-5-8-17-10(2)15-11(3)20(19-18-15)12-6-7-13(16)14(9-12)21-4/h6-7,9-10,17H,5,8H2,1-4H3. The van der Waals surface area contributed by atoms with E-state index in [-0.39, 0.29) is 6.04 Å². The number of ether oxygens (including phenoxy) is 1. The van der Waals surface area contributed by atoms with Gasteiger partial charge in [0.1, 0.15) is 11.4 Å². The van der Waals surface area contributed by atoms with E-state index >= 15 is 0 Å². The first kappa shape index (κ1) is 15.8. The van der Waals surface area contributed by atoms with Crippen molar-refractivity contribution in [2.24, 2.45) is 0 Å². The van der Waals surface area contributed by atoms with Crippen LogP contribution in [0.1, 0.15) is 37.7 Å². The molecule has 0 aliphatic rings. The van der Waals surface area contributed by atoms with Crippen LogP contribution < -0.4 is 10.1 Å². The Morgan fingerprint density at radius 1 is 1.43 bits per heavy atom. The molecule has 1 aromatic heterocycles. The fourth-order valence-electron chi connectivity index (χ4n) is 2.22. The summed E-state index contributed by atoms with van der Waals surface area (Å²) in [7, 11) is 1.60. The van der Waals surface area contributed by atoms with Gasteiger partial charge in [0.2, 0.25) is 0 Å². The van der Waals surface area contributed by atoms with Gasteiger partial charge in [-0.2, -0.15) is 0 Å². The first-order valence-electron chi connectivity index (χ1n) is 7.08. The number of nitrogens with zero attached hydrogens (tertiary/aromatic N) is 3. The molecule has 5 nitrogen and oxygen atoms in total. The van der Waals surface area contributed by atoms with E-state index in [1.165, 1.54) is 0 Å². The van der Waals surface area contributed by atoms with E-state index in [2.05, 4.69) is 29.5 Å². The molecule has 0 amide bonds. The molecule has 0 saturated carbocycles. The highest BCUT2D eigenvalue weighted by atomic mass is 35.5. The largest absolute Gasteiger partial charge is 0.495 e. The average molecular weight is 309 g/mol. The number of methoxy groups -OCH3 is 1. The van der Waals surface area contributed by atoms with Crippen molar-refractivity contribution in [1.29, 1.82) is 0 Å². The van der Waals surface area contributed by atoms with Gasteiger partial charge in [-0.05, 0) is 38.9 Å². The maximum absolute atomic E-state index is 6.06. The molecule has 0 fully saturated rings. The molecule has 2 rings (SSSR count). The third kappa shape index (κ3) is 3.36. The number of nitrogens with one attached hydrogen (secondary N) is 1. The SMILES string of the molecule is CCCNC(C)c1nnn(-c2ccc(Cl)c(OC)c2)c1C. The Hall–Kier alpha value is -1.59. The lowest BCUT2D eigenvalue weighted by Gasteiger charge is -2.12. The van der Waals surface area contributed by atoms with Crippen LogP contribution in [0.5, 0.6) is 5.75 Å². The summed E-state index contributed by atoms with van der Waals surface area (Å²) in [4.78, 5) is 0. The lowest BCUT2D eigenvalue weighted by atomic mass is 10.2. The molecular formula is C15H21ClN4O. The van der Waals surface area contributed by atoms with Crippen LogP contribution in [0.4, 0.5) is 0 Å². The van der Waals surface area contributed by atoms with Gasteiger partial charge in [-0.1, -0.05) is 23.7 Å². The van der Waals surface area contributed by atoms with Crippen LogP contribution in [-0.4, -0.2) is 28.6 Å². The van der Waals surface area contributed by atoms with Crippen molar-refractivity contribution in [3.63, 3.8) is 0 Å². The maximum Gasteiger partial charge on any atom is 0.139 e. The number of aromatic nitrogens is 3. The van der Waals surface area contributed by atoms with Gasteiger partial charge in [0.25, 0.3) is 0 Å². The van der Waals surface area contributed by atoms with Crippen LogP contribution in [-0.2, 0) is 0 Å². The summed E-state index contributed by atoms with van der Waals surface area (Å²) in [5.74, 6) is 0.628. The van der Waals surface area contributed by atoms with Crippen LogP contribution in [0.3, 0.4) is 0 Å². The van der Waals surface area contributed by atoms with Crippen molar-refractivity contribution >= 4 is 11.6 Å². The van der Waals surface area contributed by atoms with E-state index in [1.54, 1.807) is 17.9 Å². The van der Waals surface area contributed by atoms with Gasteiger partial charge in [-0.25, -0.2) is 4.68 Å². The number of hydrogen-bond acceptors (Lipinski definition) is 4. The number of rotatable bonds is 6. The normalized spacial score (nSPS) is 12.4. The molecule has 1 atom stereocenters. The Bertz CT molecular complexity index is 612. The monoisotopic (exact) mass is 308 g/mol. The summed E-state index contributed by atoms with van der Waals surface area (Å²) in [6, 6.07) is 5.74. The minimum atomic E-state index is 0.174. The Labute approximate surface area is 130 Å². The summed E-state index contributed by atoms with van der Waals surface area (Å²) in [6.07, 6.45) is 1.09. The molecule has 0 saturated heterocycles. The molecule has 0 spiro atoms. The minimum absolute atomic E-state index is 0.174. The molecule has 0 aliphatic carbocycles. The lowest BCUT2D eigenvalue weighted by molar-refractivity contribution is 0.414. The summed E-state index contributed by atoms with van der Waals surface area (Å²) in [5.41, 5.74) is 2.85. The highest BCUT2D eigenvalue weighted by Gasteiger charge is 2.16. The zero-order valence-corrected chi connectivity index (χ0v) is 13.6. The first-order chi connectivity index (χ1) is 10.1. The van der Waals surface area contributed by atoms with E-state index in [4.69, 9.17) is 16.3 Å². The van der Waals surface area contributed by atoms with Gasteiger partial charge in [0, 0.05) is 6.07 Å². The van der Waals surface area contributed by atoms with Crippen molar-refractivity contribution < 1.29 is 4.74 Å². The molecule has 1 N–H and O–H groups in total. The quantitative estimate of drug-likeness (QED) is 0.889. The van der Waals surface area contributed by atoms with Gasteiger partial charge in [0.05, 0.1) is 29.6 Å². The van der Waals surface area contributed by atoms with Crippen LogP contribution in [0.15, 0.2) is 18.2 Å². The van der Waals surface area contributed by atoms with Gasteiger partial charge in [-0.3, -0.25) is 0 Å². The topological polar surface area (TPSA) is 52.0 Å². The Morgan fingerprint density at radius 2 is 2.19 bits per heavy atom. The summed E-state index contributed by atoms with van der Waals surface area (Å²) >= 11 is 6.06. The van der Waals surface area contributed by atoms with E-state index in [0.29, 0.717) is 10.8 Å². The zero-order chi connectivity index (χ0) is 15.4. The Morgan fingerprint density at radius 3 is 2.86 bits per heavy atom. The molecule has 1 unspecified atom stereocenters. The van der Waals surface area contributed by atoms with Crippen molar-refractivity contribution in [2.75, 3.05) is 13.7 Å². The predicted octanol–water partition coefficient (Wildman–Crippen LogP) is 3.30. The van der Waals surface area contributed by atoms with Crippen molar-refractivity contribution in [3.8, 4) is 11.4 Å². The van der Waals surface area contributed by atoms with Gasteiger partial charge in [-0.15, -0.1) is 5.10 Å². The second-order valence-electron chi connectivity index (χ2n) is 4.97. The minimum Gasteiger partial charge on any atom is -0.495 e. The molecule has 0 bridgehead atoms. The van der Waals surface area contributed by atoms with Crippen molar-refractivity contribution in [2.45, 2.75) is 33.2 Å². The molecule has 1 heterocycles. The maximum atomic E-state index is 6.06. The smallest absolute Gasteiger partial charge is 0.139 e. The second-order valence-corrected chi connectivity index (χ2v) is 5.37. The molecule has 2 aromatic rings. The van der Waals surface area contributed by atoms with Crippen molar-refractivity contribution in [3.05, 3.63) is 34.6 Å². The van der Waals surface area contributed by atoms with E-state index in [1.807, 2.05) is 19.1 Å². The van der Waals surface area contributed by atoms with E-state index in [9.17, 15) is 0 Å². The van der Waals surface area contributed by atoms with E-state index in [0.717, 1.165) is 30.0 Å². The van der Waals surface area contributed by atoms with Crippen molar-refractivity contribution in [1.82, 2.24) is 20.3 Å². The highest BCUT2D eigenvalue weighted by molar-refractivity contribution is 6.32. The van der Waals surface area contributed by atoms with Crippen LogP contribution in [0.25, 0.3) is 5.69 Å². The molecule has 0 aliphatic heterocycles. The molecule has 1 aromatic carbocycles. The van der Waals surface area contributed by atoms with Gasteiger partial charge >= 0.3 is 0 Å². The first-order valence-corrected chi connectivity index (χ1v) is 7.45. The average Bonchev–Trinajstić information content (AvgIpc) is 2.87. The third-order valence-corrected chi connectivity index (χ3v) is 3.73. The summed E-state index contributed by atoms with van der Waals surface area (Å²) in [5, 5.41) is 12.6. The highest BCUT2D eigenvalue weighted by Crippen LogP contribution is 2.27. The molecule has 21 heavy (non-hydrogen) atoms. The fraction of sp³-hybridized carbons (Fsp3) is 0.467. The van der Waals surface area contributed by atoms with Crippen LogP contribution in [0.2, 0.25) is 5.02 Å². The Balaban J connectivity index is 2.31. The molecular weight excluding hydrogens is 288 g/mol. The number of hydrogen-bond donors (Lipinski definition) is 1. The van der Waals surface area contributed by atoms with Crippen LogP contribution in [0, 0.1) is 6.92 Å². The van der Waals surface area contributed by atoms with Crippen LogP contribution >= 0.6 is 11.6 Å². The summed E-state index contributed by atoms with van der Waals surface area (Å²) < 4.78 is 7.05. The lowest BCUT2D eigenvalue weighted by Crippen LogP contribution is -2.20. The summed E-state index contributed by atoms with van der Waals surface area (Å²) in [6.45, 7) is 7.21. The number of halogens is 1. The molecule has 114 valence electrons. The predicted molar refractivity (Wildman–Crippen MR) is 84.4 cm³/mol. The fourth-order valence-corrected chi connectivity index (χ4v) is 2.42. The zero-order valence-electron chi connectivity index (χ0n) is 12.9. The molecule has 6 heteroatoms. The Kier molecular flexibility index (Phi) is 5.20. The number of benzene rings is 1. The molecule has 0 radical (unpaired) electrons. The second kappa shape index (κ2) is 6.91. The third-order valence-electron chi connectivity index (χ3n) is 3.42. The van der Waals surface area contributed by atoms with Gasteiger partial charge < -0.3 is 10.1 Å².